The Labute approximate surface area is 87.1 Å². The van der Waals surface area contributed by atoms with E-state index in [1.54, 1.807) is 18.4 Å². The summed E-state index contributed by atoms with van der Waals surface area (Å²) in [4.78, 5) is 0. The van der Waals surface area contributed by atoms with Gasteiger partial charge in [-0.25, -0.2) is 0 Å². The Bertz CT molecular complexity index is 287. The van der Waals surface area contributed by atoms with Gasteiger partial charge in [0, 0.05) is 27.2 Å². The van der Waals surface area contributed by atoms with Crippen LogP contribution in [0.15, 0.2) is 0 Å². The maximum atomic E-state index is 11.8. The van der Waals surface area contributed by atoms with Crippen LogP contribution in [0.2, 0.25) is 0 Å². The average molecular weight is 220 g/mol. The monoisotopic (exact) mass is 220 g/mol. The first-order chi connectivity index (χ1) is 6.35. The van der Waals surface area contributed by atoms with E-state index in [-0.39, 0.29) is 0 Å². The Kier molecular flexibility index (Phi) is 3.55. The highest BCUT2D eigenvalue weighted by Gasteiger charge is 2.31. The van der Waals surface area contributed by atoms with Gasteiger partial charge in [0.2, 0.25) is 0 Å². The molecule has 0 aromatic rings. The van der Waals surface area contributed by atoms with Crippen molar-refractivity contribution in [3.8, 4) is 0 Å². The van der Waals surface area contributed by atoms with Crippen molar-refractivity contribution < 1.29 is 8.42 Å². The van der Waals surface area contributed by atoms with Crippen molar-refractivity contribution in [2.75, 3.05) is 27.2 Å². The number of rotatable bonds is 2. The van der Waals surface area contributed by atoms with Crippen molar-refractivity contribution in [1.82, 2.24) is 8.61 Å². The Morgan fingerprint density at radius 1 is 1.21 bits per heavy atom. The molecule has 0 amide bonds. The summed E-state index contributed by atoms with van der Waals surface area (Å²) in [6.07, 6.45) is 0.967. The Morgan fingerprint density at radius 2 is 1.79 bits per heavy atom. The summed E-state index contributed by atoms with van der Waals surface area (Å²) in [5.74, 6) is 1.09. The summed E-state index contributed by atoms with van der Waals surface area (Å²) in [6, 6.07) is 0. The zero-order valence-corrected chi connectivity index (χ0v) is 10.2. The standard InChI is InChI=1S/C9H20N2O2S/c1-8-5-6-11(7-9(8)2)14(12,13)10(3)4/h8-9H,5-7H2,1-4H3/t8-,9+/m1/s1. The summed E-state index contributed by atoms with van der Waals surface area (Å²) in [5, 5.41) is 0. The van der Waals surface area contributed by atoms with E-state index in [1.165, 1.54) is 4.31 Å². The fraction of sp³-hybridized carbons (Fsp3) is 1.00. The third-order valence-corrected chi connectivity index (χ3v) is 4.99. The molecule has 4 nitrogen and oxygen atoms in total. The SMILES string of the molecule is C[C@@H]1CCN(S(=O)(=O)N(C)C)C[C@@H]1C. The lowest BCUT2D eigenvalue weighted by molar-refractivity contribution is 0.205. The lowest BCUT2D eigenvalue weighted by Crippen LogP contribution is -2.46. The maximum Gasteiger partial charge on any atom is 0.281 e. The molecule has 84 valence electrons. The van der Waals surface area contributed by atoms with Crippen molar-refractivity contribution in [3.05, 3.63) is 0 Å². The molecule has 0 aliphatic carbocycles. The van der Waals surface area contributed by atoms with Gasteiger partial charge >= 0.3 is 0 Å². The molecule has 5 heteroatoms. The maximum absolute atomic E-state index is 11.8. The van der Waals surface area contributed by atoms with Crippen LogP contribution in [0.25, 0.3) is 0 Å². The molecule has 0 aromatic carbocycles. The van der Waals surface area contributed by atoms with Gasteiger partial charge in [-0.2, -0.15) is 17.0 Å². The largest absolute Gasteiger partial charge is 0.281 e. The summed E-state index contributed by atoms with van der Waals surface area (Å²) < 4.78 is 26.4. The smallest absolute Gasteiger partial charge is 0.195 e. The molecule has 0 spiro atoms. The minimum absolute atomic E-state index is 0.457. The van der Waals surface area contributed by atoms with Gasteiger partial charge in [0.25, 0.3) is 10.2 Å². The highest BCUT2D eigenvalue weighted by atomic mass is 32.2. The van der Waals surface area contributed by atoms with Crippen LogP contribution >= 0.6 is 0 Å². The molecule has 1 aliphatic rings. The van der Waals surface area contributed by atoms with Crippen LogP contribution in [0.1, 0.15) is 20.3 Å². The van der Waals surface area contributed by atoms with Gasteiger partial charge < -0.3 is 0 Å². The zero-order chi connectivity index (χ0) is 10.9. The van der Waals surface area contributed by atoms with E-state index in [1.807, 2.05) is 0 Å². The third-order valence-electron chi connectivity index (χ3n) is 3.08. The number of nitrogens with zero attached hydrogens (tertiary/aromatic N) is 2. The van der Waals surface area contributed by atoms with E-state index < -0.39 is 10.2 Å². The molecule has 1 fully saturated rings. The van der Waals surface area contributed by atoms with Crippen LogP contribution in [0.5, 0.6) is 0 Å². The molecule has 0 unspecified atom stereocenters. The predicted octanol–water partition coefficient (Wildman–Crippen LogP) is 0.771. The molecule has 0 N–H and O–H groups in total. The van der Waals surface area contributed by atoms with Crippen molar-refractivity contribution >= 4 is 10.2 Å². The Hall–Kier alpha value is -0.130. The number of piperidine rings is 1. The molecule has 1 aliphatic heterocycles. The first-order valence-electron chi connectivity index (χ1n) is 5.03. The highest BCUT2D eigenvalue weighted by Crippen LogP contribution is 2.24. The van der Waals surface area contributed by atoms with Gasteiger partial charge in [-0.15, -0.1) is 0 Å². The minimum Gasteiger partial charge on any atom is -0.195 e. The second-order valence-corrected chi connectivity index (χ2v) is 6.53. The molecular weight excluding hydrogens is 200 g/mol. The lowest BCUT2D eigenvalue weighted by Gasteiger charge is -2.35. The summed E-state index contributed by atoms with van der Waals surface area (Å²) in [7, 11) is -0.0269. The van der Waals surface area contributed by atoms with Gasteiger partial charge in [-0.3, -0.25) is 0 Å². The summed E-state index contributed by atoms with van der Waals surface area (Å²) in [5.41, 5.74) is 0. The molecular formula is C9H20N2O2S. The molecule has 0 bridgehead atoms. The normalized spacial score (nSPS) is 30.9. The third kappa shape index (κ3) is 2.27. The van der Waals surface area contributed by atoms with Gasteiger partial charge in [-0.05, 0) is 18.3 Å². The molecule has 0 aromatic heterocycles. The quantitative estimate of drug-likeness (QED) is 0.689. The molecule has 1 heterocycles. The fourth-order valence-corrected chi connectivity index (χ4v) is 2.89. The highest BCUT2D eigenvalue weighted by molar-refractivity contribution is 7.86. The average Bonchev–Trinajstić information content (AvgIpc) is 2.09. The molecule has 1 rings (SSSR count). The summed E-state index contributed by atoms with van der Waals surface area (Å²) in [6.45, 7) is 5.61. The fourth-order valence-electron chi connectivity index (χ4n) is 1.67. The molecule has 0 saturated carbocycles. The van der Waals surface area contributed by atoms with Gasteiger partial charge in [0.15, 0.2) is 0 Å². The first-order valence-corrected chi connectivity index (χ1v) is 6.43. The predicted molar refractivity (Wildman–Crippen MR) is 57.1 cm³/mol. The molecule has 0 radical (unpaired) electrons. The van der Waals surface area contributed by atoms with Crippen molar-refractivity contribution in [1.29, 1.82) is 0 Å². The van der Waals surface area contributed by atoms with E-state index >= 15 is 0 Å². The Morgan fingerprint density at radius 3 is 2.21 bits per heavy atom. The topological polar surface area (TPSA) is 40.6 Å². The van der Waals surface area contributed by atoms with E-state index in [0.717, 1.165) is 6.42 Å². The number of hydrogen-bond donors (Lipinski definition) is 0. The van der Waals surface area contributed by atoms with Gasteiger partial charge in [-0.1, -0.05) is 13.8 Å². The van der Waals surface area contributed by atoms with E-state index in [0.29, 0.717) is 24.9 Å². The van der Waals surface area contributed by atoms with Crippen LogP contribution in [0.4, 0.5) is 0 Å². The van der Waals surface area contributed by atoms with Crippen LogP contribution in [-0.2, 0) is 10.2 Å². The summed E-state index contributed by atoms with van der Waals surface area (Å²) >= 11 is 0. The molecule has 1 saturated heterocycles. The van der Waals surface area contributed by atoms with Crippen LogP contribution in [0, 0.1) is 11.8 Å². The van der Waals surface area contributed by atoms with Crippen LogP contribution in [-0.4, -0.2) is 44.2 Å². The first kappa shape index (κ1) is 11.9. The molecule has 2 atom stereocenters. The van der Waals surface area contributed by atoms with E-state index in [4.69, 9.17) is 0 Å². The Balaban J connectivity index is 2.73. The van der Waals surface area contributed by atoms with Crippen molar-refractivity contribution in [2.45, 2.75) is 20.3 Å². The second kappa shape index (κ2) is 4.16. The lowest BCUT2D eigenvalue weighted by atomic mass is 9.90. The van der Waals surface area contributed by atoms with Crippen molar-refractivity contribution in [3.63, 3.8) is 0 Å². The van der Waals surface area contributed by atoms with Crippen LogP contribution < -0.4 is 0 Å². The van der Waals surface area contributed by atoms with E-state index in [2.05, 4.69) is 13.8 Å². The van der Waals surface area contributed by atoms with Gasteiger partial charge in [0.05, 0.1) is 0 Å². The number of hydrogen-bond acceptors (Lipinski definition) is 2. The minimum atomic E-state index is -3.19. The van der Waals surface area contributed by atoms with Gasteiger partial charge in [0.1, 0.15) is 0 Å². The van der Waals surface area contributed by atoms with E-state index in [9.17, 15) is 8.42 Å². The molecule has 14 heavy (non-hydrogen) atoms. The van der Waals surface area contributed by atoms with Crippen molar-refractivity contribution in [2.24, 2.45) is 11.8 Å². The second-order valence-electron chi connectivity index (χ2n) is 4.39. The van der Waals surface area contributed by atoms with Crippen LogP contribution in [0.3, 0.4) is 0 Å². The zero-order valence-electron chi connectivity index (χ0n) is 9.40.